The van der Waals surface area contributed by atoms with Crippen LogP contribution in [-0.4, -0.2) is 25.5 Å². The maximum atomic E-state index is 12.2. The first-order chi connectivity index (χ1) is 11.9. The number of halogens is 2. The molecule has 0 radical (unpaired) electrons. The highest BCUT2D eigenvalue weighted by Gasteiger charge is 2.13. The van der Waals surface area contributed by atoms with E-state index in [4.69, 9.17) is 28.9 Å². The molecule has 0 aliphatic rings. The van der Waals surface area contributed by atoms with Crippen LogP contribution in [0.15, 0.2) is 18.5 Å². The van der Waals surface area contributed by atoms with E-state index < -0.39 is 0 Å². The van der Waals surface area contributed by atoms with Gasteiger partial charge in [-0.2, -0.15) is 10.1 Å². The van der Waals surface area contributed by atoms with Gasteiger partial charge >= 0.3 is 0 Å². The molecule has 0 fully saturated rings. The number of carbonyl (C=O) groups excluding carboxylic acids is 1. The number of nitrogens with one attached hydrogen (secondary N) is 1. The first kappa shape index (κ1) is 17.4. The fraction of sp³-hybridized carbons (Fsp3) is 0.250. The third-order valence-electron chi connectivity index (χ3n) is 3.95. The summed E-state index contributed by atoms with van der Waals surface area (Å²) in [7, 11) is 0. The molecule has 25 heavy (non-hydrogen) atoms. The van der Waals surface area contributed by atoms with Crippen LogP contribution in [0.25, 0.3) is 5.78 Å². The lowest BCUT2D eigenvalue weighted by Crippen LogP contribution is -2.14. The molecule has 0 aliphatic heterocycles. The van der Waals surface area contributed by atoms with Crippen molar-refractivity contribution in [2.45, 2.75) is 26.7 Å². The van der Waals surface area contributed by atoms with Crippen molar-refractivity contribution >= 4 is 46.3 Å². The molecule has 3 rings (SSSR count). The molecule has 2 heterocycles. The number of nitrogens with zero attached hydrogens (tertiary/aromatic N) is 4. The molecule has 7 nitrogen and oxygen atoms in total. The van der Waals surface area contributed by atoms with Crippen LogP contribution in [0.3, 0.4) is 0 Å². The van der Waals surface area contributed by atoms with Gasteiger partial charge in [0.25, 0.3) is 5.78 Å². The molecule has 130 valence electrons. The van der Waals surface area contributed by atoms with Crippen LogP contribution < -0.4 is 11.1 Å². The Morgan fingerprint density at radius 1 is 1.28 bits per heavy atom. The molecule has 1 aromatic carbocycles. The molecular weight excluding hydrogens is 363 g/mol. The van der Waals surface area contributed by atoms with Gasteiger partial charge in [-0.1, -0.05) is 23.2 Å². The lowest BCUT2D eigenvalue weighted by molar-refractivity contribution is -0.116. The third-order valence-corrected chi connectivity index (χ3v) is 4.58. The van der Waals surface area contributed by atoms with Crippen LogP contribution in [0, 0.1) is 13.8 Å². The second-order valence-electron chi connectivity index (χ2n) is 5.63. The van der Waals surface area contributed by atoms with Gasteiger partial charge in [-0.3, -0.25) is 4.79 Å². The molecule has 0 spiro atoms. The van der Waals surface area contributed by atoms with E-state index >= 15 is 0 Å². The summed E-state index contributed by atoms with van der Waals surface area (Å²) >= 11 is 12.0. The first-order valence-corrected chi connectivity index (χ1v) is 8.32. The molecule has 0 unspecified atom stereocenters. The summed E-state index contributed by atoms with van der Waals surface area (Å²) in [6, 6.07) is 3.14. The molecule has 3 N–H and O–H groups in total. The molecule has 3 aromatic rings. The average molecular weight is 379 g/mol. The van der Waals surface area contributed by atoms with Crippen LogP contribution in [0.1, 0.15) is 23.4 Å². The maximum absolute atomic E-state index is 12.2. The van der Waals surface area contributed by atoms with Gasteiger partial charge in [-0.15, -0.1) is 0 Å². The zero-order valence-corrected chi connectivity index (χ0v) is 15.2. The minimum atomic E-state index is -0.158. The maximum Gasteiger partial charge on any atom is 0.252 e. The minimum Gasteiger partial charge on any atom is -0.396 e. The summed E-state index contributed by atoms with van der Waals surface area (Å²) in [6.45, 7) is 3.83. The van der Waals surface area contributed by atoms with Crippen molar-refractivity contribution in [1.82, 2.24) is 19.6 Å². The zero-order chi connectivity index (χ0) is 18.1. The second kappa shape index (κ2) is 6.85. The highest BCUT2D eigenvalue weighted by molar-refractivity contribution is 6.39. The topological polar surface area (TPSA) is 98.2 Å². The summed E-state index contributed by atoms with van der Waals surface area (Å²) in [5.41, 5.74) is 9.22. The summed E-state index contributed by atoms with van der Waals surface area (Å²) in [5, 5.41) is 7.52. The number of carbonyl (C=O) groups is 1. The van der Waals surface area contributed by atoms with Gasteiger partial charge in [0.15, 0.2) is 0 Å². The molecule has 0 bridgehead atoms. The van der Waals surface area contributed by atoms with Crippen molar-refractivity contribution in [3.05, 3.63) is 45.5 Å². The van der Waals surface area contributed by atoms with Crippen LogP contribution in [0.4, 0.5) is 11.4 Å². The van der Waals surface area contributed by atoms with Crippen LogP contribution in [0.2, 0.25) is 10.0 Å². The van der Waals surface area contributed by atoms with Gasteiger partial charge < -0.3 is 11.1 Å². The number of amides is 1. The number of hydrogen-bond donors (Lipinski definition) is 2. The van der Waals surface area contributed by atoms with Crippen molar-refractivity contribution in [3.8, 4) is 0 Å². The molecule has 0 saturated carbocycles. The average Bonchev–Trinajstić information content (AvgIpc) is 3.00. The summed E-state index contributed by atoms with van der Waals surface area (Å²) in [6.07, 6.45) is 2.27. The quantitative estimate of drug-likeness (QED) is 0.679. The highest BCUT2D eigenvalue weighted by atomic mass is 35.5. The van der Waals surface area contributed by atoms with E-state index in [2.05, 4.69) is 20.4 Å². The fourth-order valence-corrected chi connectivity index (χ4v) is 3.12. The number of fused-ring (bicyclic) bond motifs is 1. The van der Waals surface area contributed by atoms with Gasteiger partial charge in [0, 0.05) is 23.5 Å². The Labute approximate surface area is 154 Å². The van der Waals surface area contributed by atoms with E-state index in [9.17, 15) is 4.79 Å². The second-order valence-corrected chi connectivity index (χ2v) is 6.45. The lowest BCUT2D eigenvalue weighted by atomic mass is 10.1. The molecule has 0 atom stereocenters. The zero-order valence-electron chi connectivity index (χ0n) is 13.7. The molecule has 9 heteroatoms. The number of nitrogen functional groups attached to an aromatic ring is 1. The third kappa shape index (κ3) is 3.52. The fourth-order valence-electron chi connectivity index (χ4n) is 2.64. The van der Waals surface area contributed by atoms with Gasteiger partial charge in [0.05, 0.1) is 15.7 Å². The van der Waals surface area contributed by atoms with Crippen LogP contribution >= 0.6 is 23.2 Å². The molecule has 0 aliphatic carbocycles. The Bertz CT molecular complexity index is 946. The predicted octanol–water partition coefficient (Wildman–Crippen LogP) is 3.20. The van der Waals surface area contributed by atoms with Crippen molar-refractivity contribution in [2.24, 2.45) is 0 Å². The minimum absolute atomic E-state index is 0.158. The Hall–Kier alpha value is -2.38. The lowest BCUT2D eigenvalue weighted by Gasteiger charge is -2.11. The van der Waals surface area contributed by atoms with Crippen molar-refractivity contribution in [2.75, 3.05) is 11.1 Å². The number of nitrogens with two attached hydrogens (primary N) is 1. The monoisotopic (exact) mass is 378 g/mol. The van der Waals surface area contributed by atoms with Gasteiger partial charge in [-0.05, 0) is 38.0 Å². The van der Waals surface area contributed by atoms with Crippen molar-refractivity contribution in [1.29, 1.82) is 0 Å². The smallest absolute Gasteiger partial charge is 0.252 e. The number of aromatic nitrogens is 4. The van der Waals surface area contributed by atoms with Gasteiger partial charge in [0.1, 0.15) is 6.33 Å². The number of anilines is 2. The Balaban J connectivity index is 1.73. The standard InChI is InChI=1S/C16H16Cl2N6O/c1-8-11(9(2)24-16(22-8)20-7-21-24)3-4-14(25)23-10-5-12(17)15(19)13(18)6-10/h5-7H,3-4,19H2,1-2H3,(H,23,25). The van der Waals surface area contributed by atoms with E-state index in [-0.39, 0.29) is 12.3 Å². The Kier molecular flexibility index (Phi) is 4.78. The molecule has 2 aromatic heterocycles. The Morgan fingerprint density at radius 2 is 1.96 bits per heavy atom. The SMILES string of the molecule is Cc1nc2ncnn2c(C)c1CCC(=O)Nc1cc(Cl)c(N)c(Cl)c1. The molecule has 0 saturated heterocycles. The highest BCUT2D eigenvalue weighted by Crippen LogP contribution is 2.31. The van der Waals surface area contributed by atoms with E-state index in [1.54, 1.807) is 16.6 Å². The van der Waals surface area contributed by atoms with Crippen LogP contribution in [0.5, 0.6) is 0 Å². The number of aryl methyl sites for hydroxylation is 2. The summed E-state index contributed by atoms with van der Waals surface area (Å²) in [4.78, 5) is 20.7. The summed E-state index contributed by atoms with van der Waals surface area (Å²) in [5.74, 6) is 0.392. The van der Waals surface area contributed by atoms with Gasteiger partial charge in [-0.25, -0.2) is 9.50 Å². The van der Waals surface area contributed by atoms with Crippen molar-refractivity contribution < 1.29 is 4.79 Å². The van der Waals surface area contributed by atoms with Gasteiger partial charge in [0.2, 0.25) is 5.91 Å². The van der Waals surface area contributed by atoms with E-state index in [0.29, 0.717) is 33.6 Å². The molecule has 1 amide bonds. The number of benzene rings is 1. The first-order valence-electron chi connectivity index (χ1n) is 7.57. The Morgan fingerprint density at radius 3 is 2.64 bits per heavy atom. The van der Waals surface area contributed by atoms with E-state index in [1.807, 2.05) is 13.8 Å². The largest absolute Gasteiger partial charge is 0.396 e. The number of rotatable bonds is 4. The van der Waals surface area contributed by atoms with Crippen molar-refractivity contribution in [3.63, 3.8) is 0 Å². The molecular formula is C16H16Cl2N6O. The summed E-state index contributed by atoms with van der Waals surface area (Å²) < 4.78 is 1.67. The van der Waals surface area contributed by atoms with Crippen LogP contribution in [-0.2, 0) is 11.2 Å². The number of hydrogen-bond acceptors (Lipinski definition) is 5. The van der Waals surface area contributed by atoms with E-state index in [1.165, 1.54) is 6.33 Å². The normalized spacial score (nSPS) is 11.0. The van der Waals surface area contributed by atoms with E-state index in [0.717, 1.165) is 17.0 Å². The predicted molar refractivity (Wildman–Crippen MR) is 98.1 cm³/mol.